The van der Waals surface area contributed by atoms with E-state index in [0.717, 1.165) is 17.9 Å². The second-order valence-corrected chi connectivity index (χ2v) is 7.71. The molecule has 3 nitrogen and oxygen atoms in total. The van der Waals surface area contributed by atoms with E-state index in [-0.39, 0.29) is 17.4 Å². The molecular weight excluding hydrogens is 258 g/mol. The molecule has 4 heteroatoms. The van der Waals surface area contributed by atoms with Crippen LogP contribution >= 0.6 is 12.6 Å². The zero-order valence-electron chi connectivity index (χ0n) is 12.7. The second-order valence-electron chi connectivity index (χ2n) is 6.60. The lowest BCUT2D eigenvalue weighted by molar-refractivity contribution is -0.121. The molecular formula is C15H25NO2S. The molecule has 1 aliphatic heterocycles. The molecule has 0 aliphatic carbocycles. The highest BCUT2D eigenvalue weighted by Crippen LogP contribution is 2.30. The van der Waals surface area contributed by atoms with Gasteiger partial charge in [0.05, 0.1) is 10.9 Å². The summed E-state index contributed by atoms with van der Waals surface area (Å²) in [7, 11) is 0. The predicted molar refractivity (Wildman–Crippen MR) is 82.0 cm³/mol. The minimum absolute atomic E-state index is 0.0844. The molecule has 0 aromatic rings. The molecule has 1 atom stereocenters. The molecule has 0 aromatic carbocycles. The van der Waals surface area contributed by atoms with Gasteiger partial charge >= 0.3 is 0 Å². The van der Waals surface area contributed by atoms with Crippen LogP contribution in [0.3, 0.4) is 0 Å². The van der Waals surface area contributed by atoms with Gasteiger partial charge in [-0.1, -0.05) is 26.8 Å². The summed E-state index contributed by atoms with van der Waals surface area (Å²) in [5, 5.41) is 2.91. The Morgan fingerprint density at radius 2 is 1.95 bits per heavy atom. The van der Waals surface area contributed by atoms with Crippen LogP contribution in [-0.4, -0.2) is 16.8 Å². The first kappa shape index (κ1) is 16.2. The van der Waals surface area contributed by atoms with Crippen molar-refractivity contribution < 1.29 is 9.53 Å². The first-order valence-corrected chi connectivity index (χ1v) is 7.07. The van der Waals surface area contributed by atoms with Crippen LogP contribution in [0.1, 0.15) is 48.0 Å². The van der Waals surface area contributed by atoms with Crippen LogP contribution in [0.5, 0.6) is 0 Å². The quantitative estimate of drug-likeness (QED) is 0.762. The summed E-state index contributed by atoms with van der Waals surface area (Å²) in [4.78, 5) is 12.0. The summed E-state index contributed by atoms with van der Waals surface area (Å²) in [6.45, 7) is 11.9. The van der Waals surface area contributed by atoms with Gasteiger partial charge in [-0.3, -0.25) is 4.79 Å². The van der Waals surface area contributed by atoms with Crippen molar-refractivity contribution in [1.29, 1.82) is 0 Å². The number of thiol groups is 1. The Morgan fingerprint density at radius 1 is 1.37 bits per heavy atom. The SMILES string of the molecule is CC1CC=C(NC(=O)C(C)(C)S)C=C(C(C)(C)C)O1. The van der Waals surface area contributed by atoms with E-state index in [2.05, 4.69) is 38.7 Å². The first-order chi connectivity index (χ1) is 8.50. The highest BCUT2D eigenvalue weighted by Gasteiger charge is 2.26. The number of allylic oxidation sites excluding steroid dienone is 2. The second kappa shape index (κ2) is 5.61. The Bertz CT molecular complexity index is 411. The van der Waals surface area contributed by atoms with Crippen molar-refractivity contribution in [2.75, 3.05) is 0 Å². The van der Waals surface area contributed by atoms with Crippen LogP contribution < -0.4 is 5.32 Å². The van der Waals surface area contributed by atoms with Gasteiger partial charge in [-0.2, -0.15) is 12.6 Å². The van der Waals surface area contributed by atoms with Gasteiger partial charge < -0.3 is 10.1 Å². The van der Waals surface area contributed by atoms with Crippen molar-refractivity contribution in [2.45, 2.75) is 58.8 Å². The van der Waals surface area contributed by atoms with Crippen LogP contribution in [-0.2, 0) is 9.53 Å². The first-order valence-electron chi connectivity index (χ1n) is 6.63. The number of amides is 1. The minimum Gasteiger partial charge on any atom is -0.494 e. The molecule has 0 fully saturated rings. The molecule has 0 spiro atoms. The maximum Gasteiger partial charge on any atom is 0.239 e. The van der Waals surface area contributed by atoms with Crippen LogP contribution in [0.15, 0.2) is 23.6 Å². The molecule has 1 unspecified atom stereocenters. The number of hydrogen-bond acceptors (Lipinski definition) is 3. The molecule has 1 amide bonds. The highest BCUT2D eigenvalue weighted by atomic mass is 32.1. The molecule has 1 aliphatic rings. The number of hydrogen-bond donors (Lipinski definition) is 2. The fourth-order valence-electron chi connectivity index (χ4n) is 1.56. The Hall–Kier alpha value is -0.900. The topological polar surface area (TPSA) is 38.3 Å². The van der Waals surface area contributed by atoms with Gasteiger partial charge in [0.2, 0.25) is 5.91 Å². The van der Waals surface area contributed by atoms with Gasteiger partial charge in [-0.05, 0) is 26.8 Å². The molecule has 1 heterocycles. The van der Waals surface area contributed by atoms with Gasteiger partial charge in [0.25, 0.3) is 0 Å². The fraction of sp³-hybridized carbons (Fsp3) is 0.667. The normalized spacial score (nSPS) is 20.9. The molecule has 0 aromatic heterocycles. The van der Waals surface area contributed by atoms with Gasteiger partial charge in [0.15, 0.2) is 0 Å². The monoisotopic (exact) mass is 283 g/mol. The van der Waals surface area contributed by atoms with Crippen molar-refractivity contribution in [1.82, 2.24) is 5.32 Å². The standard InChI is InChI=1S/C15H25NO2S/c1-10-7-8-11(16-13(17)15(5,6)19)9-12(18-10)14(2,3)4/h8-10,19H,7H2,1-6H3,(H,16,17). The average molecular weight is 283 g/mol. The van der Waals surface area contributed by atoms with E-state index in [4.69, 9.17) is 4.74 Å². The van der Waals surface area contributed by atoms with E-state index in [1.54, 1.807) is 13.8 Å². The van der Waals surface area contributed by atoms with Crippen molar-refractivity contribution in [2.24, 2.45) is 5.41 Å². The molecule has 0 radical (unpaired) electrons. The molecule has 1 rings (SSSR count). The Kier molecular flexibility index (Phi) is 4.77. The van der Waals surface area contributed by atoms with Crippen molar-refractivity contribution in [3.8, 4) is 0 Å². The summed E-state index contributed by atoms with van der Waals surface area (Å²) >= 11 is 4.28. The lowest BCUT2D eigenvalue weighted by Gasteiger charge is -2.25. The van der Waals surface area contributed by atoms with Crippen LogP contribution in [0.25, 0.3) is 0 Å². The summed E-state index contributed by atoms with van der Waals surface area (Å²) in [5.41, 5.74) is 0.709. The predicted octanol–water partition coefficient (Wildman–Crippen LogP) is 3.43. The van der Waals surface area contributed by atoms with Crippen LogP contribution in [0.4, 0.5) is 0 Å². The maximum absolute atomic E-state index is 12.0. The van der Waals surface area contributed by atoms with Crippen molar-refractivity contribution in [3.63, 3.8) is 0 Å². The third-order valence-electron chi connectivity index (χ3n) is 2.84. The molecule has 0 saturated heterocycles. The number of rotatable bonds is 2. The molecule has 108 valence electrons. The largest absolute Gasteiger partial charge is 0.494 e. The highest BCUT2D eigenvalue weighted by molar-refractivity contribution is 7.82. The summed E-state index contributed by atoms with van der Waals surface area (Å²) in [6, 6.07) is 0. The minimum atomic E-state index is -0.699. The van der Waals surface area contributed by atoms with Gasteiger partial charge in [0.1, 0.15) is 5.76 Å². The number of carbonyl (C=O) groups excluding carboxylic acids is 1. The molecule has 0 bridgehead atoms. The zero-order valence-corrected chi connectivity index (χ0v) is 13.6. The lowest BCUT2D eigenvalue weighted by Crippen LogP contribution is -2.37. The van der Waals surface area contributed by atoms with E-state index in [1.165, 1.54) is 0 Å². The van der Waals surface area contributed by atoms with Gasteiger partial charge in [-0.15, -0.1) is 0 Å². The summed E-state index contributed by atoms with van der Waals surface area (Å²) in [5.74, 6) is 0.780. The van der Waals surface area contributed by atoms with E-state index < -0.39 is 4.75 Å². The van der Waals surface area contributed by atoms with E-state index in [0.29, 0.717) is 0 Å². The van der Waals surface area contributed by atoms with Crippen LogP contribution in [0.2, 0.25) is 0 Å². The molecule has 1 N–H and O–H groups in total. The van der Waals surface area contributed by atoms with Crippen LogP contribution in [0, 0.1) is 5.41 Å². The average Bonchev–Trinajstić information content (AvgIpc) is 2.39. The Balaban J connectivity index is 2.96. The van der Waals surface area contributed by atoms with Crippen molar-refractivity contribution in [3.05, 3.63) is 23.6 Å². The third kappa shape index (κ3) is 4.94. The third-order valence-corrected chi connectivity index (χ3v) is 3.04. The van der Waals surface area contributed by atoms with Gasteiger partial charge in [0, 0.05) is 17.5 Å². The zero-order chi connectivity index (χ0) is 14.8. The summed E-state index contributed by atoms with van der Waals surface area (Å²) < 4.78 is 5.21. The van der Waals surface area contributed by atoms with Gasteiger partial charge in [-0.25, -0.2) is 0 Å². The fourth-order valence-corrected chi connectivity index (χ4v) is 1.61. The Morgan fingerprint density at radius 3 is 2.42 bits per heavy atom. The summed E-state index contributed by atoms with van der Waals surface area (Å²) in [6.07, 6.45) is 4.81. The molecule has 0 saturated carbocycles. The number of ether oxygens (including phenoxy) is 1. The van der Waals surface area contributed by atoms with E-state index in [9.17, 15) is 4.79 Å². The molecule has 19 heavy (non-hydrogen) atoms. The van der Waals surface area contributed by atoms with Crippen molar-refractivity contribution >= 4 is 18.5 Å². The smallest absolute Gasteiger partial charge is 0.239 e. The lowest BCUT2D eigenvalue weighted by atomic mass is 9.93. The van der Waals surface area contributed by atoms with E-state index in [1.807, 2.05) is 19.1 Å². The Labute approximate surface area is 121 Å². The van der Waals surface area contributed by atoms with E-state index >= 15 is 0 Å². The maximum atomic E-state index is 12.0. The number of carbonyl (C=O) groups is 1. The number of nitrogens with one attached hydrogen (secondary N) is 1.